The van der Waals surface area contributed by atoms with Crippen molar-refractivity contribution in [3.8, 4) is 0 Å². The number of halogens is 3. The summed E-state index contributed by atoms with van der Waals surface area (Å²) in [7, 11) is 0. The number of nitrogens with two attached hydrogens (primary N) is 2. The molecule has 0 aliphatic heterocycles. The molecule has 0 radical (unpaired) electrons. The van der Waals surface area contributed by atoms with Crippen molar-refractivity contribution >= 4 is 5.82 Å². The van der Waals surface area contributed by atoms with E-state index in [2.05, 4.69) is 4.98 Å². The van der Waals surface area contributed by atoms with E-state index in [0.717, 1.165) is 5.56 Å². The second-order valence-electron chi connectivity index (χ2n) is 3.41. The van der Waals surface area contributed by atoms with E-state index in [-0.39, 0.29) is 11.4 Å². The van der Waals surface area contributed by atoms with Crippen LogP contribution >= 0.6 is 0 Å². The first-order valence-electron chi connectivity index (χ1n) is 4.34. The molecule has 1 aromatic rings. The molecule has 0 aliphatic rings. The zero-order valence-electron chi connectivity index (χ0n) is 8.17. The largest absolute Gasteiger partial charge is 0.390 e. The third-order valence-electron chi connectivity index (χ3n) is 1.94. The highest BCUT2D eigenvalue weighted by molar-refractivity contribution is 5.42. The number of hydrogen-bond acceptors (Lipinski definition) is 3. The Morgan fingerprint density at radius 1 is 1.47 bits per heavy atom. The fourth-order valence-electron chi connectivity index (χ4n) is 1.26. The Labute approximate surface area is 85.3 Å². The van der Waals surface area contributed by atoms with E-state index in [1.165, 1.54) is 12.3 Å². The molecule has 3 nitrogen and oxygen atoms in total. The lowest BCUT2D eigenvalue weighted by atomic mass is 10.0. The Balaban J connectivity index is 2.90. The summed E-state index contributed by atoms with van der Waals surface area (Å²) in [5, 5.41) is 0. The molecule has 1 aromatic heterocycles. The summed E-state index contributed by atoms with van der Waals surface area (Å²) < 4.78 is 36.2. The normalized spacial score (nSPS) is 13.9. The van der Waals surface area contributed by atoms with Crippen LogP contribution in [0.1, 0.15) is 23.6 Å². The number of rotatable bonds is 2. The van der Waals surface area contributed by atoms with Gasteiger partial charge in [0, 0.05) is 17.8 Å². The molecule has 0 fully saturated rings. The molecular weight excluding hydrogens is 207 g/mol. The lowest BCUT2D eigenvalue weighted by Crippen LogP contribution is -2.21. The second-order valence-corrected chi connectivity index (χ2v) is 3.41. The maximum atomic E-state index is 12.1. The molecule has 0 spiro atoms. The quantitative estimate of drug-likeness (QED) is 0.798. The average Bonchev–Trinajstić information content (AvgIpc) is 2.06. The molecule has 1 heterocycles. The SMILES string of the molecule is Cc1cnc(N)c(C(N)CC(F)(F)F)c1. The fraction of sp³-hybridized carbons (Fsp3) is 0.444. The number of anilines is 1. The molecule has 1 unspecified atom stereocenters. The van der Waals surface area contributed by atoms with Gasteiger partial charge >= 0.3 is 6.18 Å². The molecule has 0 amide bonds. The second kappa shape index (κ2) is 4.06. The van der Waals surface area contributed by atoms with Crippen molar-refractivity contribution in [3.05, 3.63) is 23.4 Å². The number of hydrogen-bond donors (Lipinski definition) is 2. The minimum absolute atomic E-state index is 0.0531. The minimum atomic E-state index is -4.30. The predicted molar refractivity (Wildman–Crippen MR) is 51.0 cm³/mol. The minimum Gasteiger partial charge on any atom is -0.383 e. The van der Waals surface area contributed by atoms with Crippen LogP contribution in [-0.4, -0.2) is 11.2 Å². The first-order chi connectivity index (χ1) is 6.79. The van der Waals surface area contributed by atoms with Gasteiger partial charge in [-0.15, -0.1) is 0 Å². The summed E-state index contributed by atoms with van der Waals surface area (Å²) in [5.41, 5.74) is 11.8. The van der Waals surface area contributed by atoms with Crippen molar-refractivity contribution in [1.82, 2.24) is 4.98 Å². The predicted octanol–water partition coefficient (Wildman–Crippen LogP) is 1.92. The molecule has 15 heavy (non-hydrogen) atoms. The van der Waals surface area contributed by atoms with Gasteiger partial charge in [-0.05, 0) is 18.6 Å². The van der Waals surface area contributed by atoms with Crippen molar-refractivity contribution in [2.75, 3.05) is 5.73 Å². The first kappa shape index (κ1) is 11.8. The number of nitrogens with zero attached hydrogens (tertiary/aromatic N) is 1. The van der Waals surface area contributed by atoms with E-state index in [0.29, 0.717) is 0 Å². The van der Waals surface area contributed by atoms with E-state index in [1.807, 2.05) is 0 Å². The highest BCUT2D eigenvalue weighted by atomic mass is 19.4. The van der Waals surface area contributed by atoms with Gasteiger partial charge in [-0.2, -0.15) is 13.2 Å². The molecule has 0 aromatic carbocycles. The van der Waals surface area contributed by atoms with Gasteiger partial charge in [0.25, 0.3) is 0 Å². The van der Waals surface area contributed by atoms with Crippen LogP contribution in [0.25, 0.3) is 0 Å². The summed E-state index contributed by atoms with van der Waals surface area (Å²) in [4.78, 5) is 3.76. The number of aryl methyl sites for hydroxylation is 1. The summed E-state index contributed by atoms with van der Waals surface area (Å²) in [6.45, 7) is 1.72. The van der Waals surface area contributed by atoms with Crippen LogP contribution in [-0.2, 0) is 0 Å². The third kappa shape index (κ3) is 3.39. The lowest BCUT2D eigenvalue weighted by molar-refractivity contribution is -0.138. The lowest BCUT2D eigenvalue weighted by Gasteiger charge is -2.16. The van der Waals surface area contributed by atoms with Crippen molar-refractivity contribution < 1.29 is 13.2 Å². The fourth-order valence-corrected chi connectivity index (χ4v) is 1.26. The molecule has 0 bridgehead atoms. The Kier molecular flexibility index (Phi) is 3.18. The monoisotopic (exact) mass is 219 g/mol. The van der Waals surface area contributed by atoms with Crippen molar-refractivity contribution in [2.45, 2.75) is 25.6 Å². The maximum absolute atomic E-state index is 12.1. The first-order valence-corrected chi connectivity index (χ1v) is 4.34. The summed E-state index contributed by atoms with van der Waals surface area (Å²) >= 11 is 0. The van der Waals surface area contributed by atoms with Crippen molar-refractivity contribution in [2.24, 2.45) is 5.73 Å². The number of aromatic nitrogens is 1. The smallest absolute Gasteiger partial charge is 0.383 e. The van der Waals surface area contributed by atoms with Gasteiger partial charge in [0.2, 0.25) is 0 Å². The van der Waals surface area contributed by atoms with Crippen LogP contribution in [0.4, 0.5) is 19.0 Å². The van der Waals surface area contributed by atoms with Crippen molar-refractivity contribution in [3.63, 3.8) is 0 Å². The molecule has 0 saturated carbocycles. The van der Waals surface area contributed by atoms with Crippen LogP contribution in [0, 0.1) is 6.92 Å². The van der Waals surface area contributed by atoms with E-state index in [9.17, 15) is 13.2 Å². The van der Waals surface area contributed by atoms with Crippen LogP contribution in [0.15, 0.2) is 12.3 Å². The molecule has 6 heteroatoms. The molecule has 0 saturated heterocycles. The molecule has 0 aliphatic carbocycles. The molecule has 84 valence electrons. The third-order valence-corrected chi connectivity index (χ3v) is 1.94. The van der Waals surface area contributed by atoms with Gasteiger partial charge in [0.05, 0.1) is 6.42 Å². The molecule has 1 rings (SSSR count). The molecular formula is C9H12F3N3. The van der Waals surface area contributed by atoms with Gasteiger partial charge in [0.1, 0.15) is 5.82 Å². The molecule has 1 atom stereocenters. The number of pyridine rings is 1. The highest BCUT2D eigenvalue weighted by Gasteiger charge is 2.31. The van der Waals surface area contributed by atoms with Crippen LogP contribution < -0.4 is 11.5 Å². The van der Waals surface area contributed by atoms with E-state index in [4.69, 9.17) is 11.5 Å². The van der Waals surface area contributed by atoms with Crippen molar-refractivity contribution in [1.29, 1.82) is 0 Å². The Morgan fingerprint density at radius 2 is 2.07 bits per heavy atom. The number of nitrogen functional groups attached to an aromatic ring is 1. The summed E-state index contributed by atoms with van der Waals surface area (Å²) in [6, 6.07) is 0.371. The maximum Gasteiger partial charge on any atom is 0.390 e. The van der Waals surface area contributed by atoms with Crippen LogP contribution in [0.3, 0.4) is 0 Å². The Hall–Kier alpha value is -1.30. The zero-order chi connectivity index (χ0) is 11.6. The van der Waals surface area contributed by atoms with E-state index in [1.54, 1.807) is 6.92 Å². The average molecular weight is 219 g/mol. The summed E-state index contributed by atoms with van der Waals surface area (Å²) in [5.74, 6) is 0.0531. The Bertz CT molecular complexity index is 349. The standard InChI is InChI=1S/C9H12F3N3/c1-5-2-6(8(14)15-4-5)7(13)3-9(10,11)12/h2,4,7H,3,13H2,1H3,(H2,14,15). The van der Waals surface area contributed by atoms with Gasteiger partial charge in [-0.1, -0.05) is 0 Å². The zero-order valence-corrected chi connectivity index (χ0v) is 8.17. The van der Waals surface area contributed by atoms with E-state index < -0.39 is 18.6 Å². The van der Waals surface area contributed by atoms with Gasteiger partial charge in [-0.25, -0.2) is 4.98 Å². The van der Waals surface area contributed by atoms with Gasteiger partial charge in [0.15, 0.2) is 0 Å². The van der Waals surface area contributed by atoms with E-state index >= 15 is 0 Å². The highest BCUT2D eigenvalue weighted by Crippen LogP contribution is 2.29. The van der Waals surface area contributed by atoms with Gasteiger partial charge < -0.3 is 11.5 Å². The number of alkyl halides is 3. The van der Waals surface area contributed by atoms with Gasteiger partial charge in [-0.3, -0.25) is 0 Å². The topological polar surface area (TPSA) is 64.9 Å². The molecule has 4 N–H and O–H groups in total. The van der Waals surface area contributed by atoms with Crippen LogP contribution in [0.2, 0.25) is 0 Å². The Morgan fingerprint density at radius 3 is 2.60 bits per heavy atom. The van der Waals surface area contributed by atoms with Crippen LogP contribution in [0.5, 0.6) is 0 Å². The summed E-state index contributed by atoms with van der Waals surface area (Å²) in [6.07, 6.45) is -3.91.